The Hall–Kier alpha value is -1.60. The molecule has 2 aromatic rings. The summed E-state index contributed by atoms with van der Waals surface area (Å²) in [5.74, 6) is 0. The fourth-order valence-corrected chi connectivity index (χ4v) is 3.35. The molecule has 0 fully saturated rings. The lowest BCUT2D eigenvalue weighted by molar-refractivity contribution is 0.0616. The van der Waals surface area contributed by atoms with Crippen LogP contribution in [0.15, 0.2) is 48.5 Å². The topological polar surface area (TPSA) is 20.2 Å². The highest BCUT2D eigenvalue weighted by molar-refractivity contribution is 5.43. The van der Waals surface area contributed by atoms with Gasteiger partial charge in [0.25, 0.3) is 0 Å². The molecule has 0 saturated heterocycles. The number of hydrogen-bond donors (Lipinski definition) is 1. The summed E-state index contributed by atoms with van der Waals surface area (Å²) in [6.07, 6.45) is 5.20. The second kappa shape index (κ2) is 5.41. The van der Waals surface area contributed by atoms with Crippen molar-refractivity contribution in [3.05, 3.63) is 70.8 Å². The van der Waals surface area contributed by atoms with Crippen molar-refractivity contribution in [3.63, 3.8) is 0 Å². The second-order valence-electron chi connectivity index (χ2n) is 5.82. The zero-order valence-electron chi connectivity index (χ0n) is 12.1. The first kappa shape index (κ1) is 13.4. The van der Waals surface area contributed by atoms with Crippen molar-refractivity contribution in [2.75, 3.05) is 0 Å². The lowest BCUT2D eigenvalue weighted by atomic mass is 9.75. The van der Waals surface area contributed by atoms with E-state index in [4.69, 9.17) is 0 Å². The molecule has 1 aliphatic rings. The van der Waals surface area contributed by atoms with Gasteiger partial charge in [0.2, 0.25) is 0 Å². The summed E-state index contributed by atoms with van der Waals surface area (Å²) in [4.78, 5) is 0. The highest BCUT2D eigenvalue weighted by Crippen LogP contribution is 2.40. The molecular formula is C19H22O. The number of rotatable bonds is 3. The molecule has 1 heteroatoms. The quantitative estimate of drug-likeness (QED) is 0.882. The van der Waals surface area contributed by atoms with Crippen molar-refractivity contribution in [2.24, 2.45) is 0 Å². The van der Waals surface area contributed by atoms with E-state index in [-0.39, 0.29) is 0 Å². The van der Waals surface area contributed by atoms with Gasteiger partial charge in [-0.1, -0.05) is 61.9 Å². The van der Waals surface area contributed by atoms with Gasteiger partial charge >= 0.3 is 0 Å². The van der Waals surface area contributed by atoms with Crippen molar-refractivity contribution in [3.8, 4) is 0 Å². The Kier molecular flexibility index (Phi) is 3.62. The first-order valence-corrected chi connectivity index (χ1v) is 7.64. The summed E-state index contributed by atoms with van der Waals surface area (Å²) in [7, 11) is 0. The maximum atomic E-state index is 11.2. The van der Waals surface area contributed by atoms with Crippen molar-refractivity contribution in [1.82, 2.24) is 0 Å². The normalized spacial score (nSPS) is 21.5. The molecule has 0 heterocycles. The monoisotopic (exact) mass is 266 g/mol. The van der Waals surface area contributed by atoms with Crippen LogP contribution in [-0.4, -0.2) is 5.11 Å². The van der Waals surface area contributed by atoms with Crippen LogP contribution in [-0.2, 0) is 18.4 Å². The number of benzene rings is 2. The molecule has 1 N–H and O–H groups in total. The van der Waals surface area contributed by atoms with Gasteiger partial charge in [-0.15, -0.1) is 0 Å². The predicted molar refractivity (Wildman–Crippen MR) is 82.8 cm³/mol. The minimum Gasteiger partial charge on any atom is -0.380 e. The zero-order chi connectivity index (χ0) is 14.0. The molecule has 0 aliphatic heterocycles. The van der Waals surface area contributed by atoms with E-state index >= 15 is 0 Å². The Morgan fingerprint density at radius 1 is 1.05 bits per heavy atom. The standard InChI is InChI=1S/C19H22O/c1-2-6-15-10-12-17(13-11-15)19(20)14-5-8-16-7-3-4-9-18(16)19/h3-4,7,9-13,20H,2,5-6,8,14H2,1H3. The van der Waals surface area contributed by atoms with Gasteiger partial charge < -0.3 is 5.11 Å². The third-order valence-corrected chi connectivity index (χ3v) is 4.42. The van der Waals surface area contributed by atoms with E-state index in [1.807, 2.05) is 6.07 Å². The third kappa shape index (κ3) is 2.27. The molecule has 2 aromatic carbocycles. The number of aliphatic hydroxyl groups is 1. The molecule has 1 unspecified atom stereocenters. The van der Waals surface area contributed by atoms with Crippen LogP contribution in [0.4, 0.5) is 0 Å². The van der Waals surface area contributed by atoms with Crippen LogP contribution in [0.25, 0.3) is 0 Å². The molecule has 0 aromatic heterocycles. The summed E-state index contributed by atoms with van der Waals surface area (Å²) in [5.41, 5.74) is 3.96. The maximum Gasteiger partial charge on any atom is 0.115 e. The van der Waals surface area contributed by atoms with Gasteiger partial charge in [0.15, 0.2) is 0 Å². The van der Waals surface area contributed by atoms with Crippen LogP contribution in [0, 0.1) is 0 Å². The first-order chi connectivity index (χ1) is 9.74. The molecule has 1 aliphatic carbocycles. The summed E-state index contributed by atoms with van der Waals surface area (Å²) in [5, 5.41) is 11.2. The molecule has 0 amide bonds. The van der Waals surface area contributed by atoms with E-state index in [0.717, 1.165) is 43.2 Å². The van der Waals surface area contributed by atoms with Crippen LogP contribution >= 0.6 is 0 Å². The molecule has 104 valence electrons. The van der Waals surface area contributed by atoms with Crippen LogP contribution in [0.2, 0.25) is 0 Å². The van der Waals surface area contributed by atoms with Gasteiger partial charge in [0, 0.05) is 0 Å². The molecule has 20 heavy (non-hydrogen) atoms. The van der Waals surface area contributed by atoms with Crippen molar-refractivity contribution in [2.45, 2.75) is 44.6 Å². The Balaban J connectivity index is 2.00. The highest BCUT2D eigenvalue weighted by Gasteiger charge is 2.35. The summed E-state index contributed by atoms with van der Waals surface area (Å²) >= 11 is 0. The SMILES string of the molecule is CCCc1ccc(C2(O)CCCc3ccccc32)cc1. The van der Waals surface area contributed by atoms with E-state index < -0.39 is 5.60 Å². The predicted octanol–water partition coefficient (Wildman–Crippen LogP) is 4.21. The van der Waals surface area contributed by atoms with Gasteiger partial charge in [-0.05, 0) is 47.9 Å². The molecule has 3 rings (SSSR count). The smallest absolute Gasteiger partial charge is 0.115 e. The van der Waals surface area contributed by atoms with E-state index in [9.17, 15) is 5.11 Å². The van der Waals surface area contributed by atoms with Crippen LogP contribution in [0.3, 0.4) is 0 Å². The fourth-order valence-electron chi connectivity index (χ4n) is 3.35. The minimum atomic E-state index is -0.806. The molecule has 1 nitrogen and oxygen atoms in total. The van der Waals surface area contributed by atoms with E-state index in [1.165, 1.54) is 11.1 Å². The number of aryl methyl sites for hydroxylation is 2. The largest absolute Gasteiger partial charge is 0.380 e. The summed E-state index contributed by atoms with van der Waals surface area (Å²) in [6.45, 7) is 2.19. The van der Waals surface area contributed by atoms with Crippen LogP contribution < -0.4 is 0 Å². The van der Waals surface area contributed by atoms with E-state index in [2.05, 4.69) is 49.4 Å². The molecule has 0 bridgehead atoms. The van der Waals surface area contributed by atoms with E-state index in [1.54, 1.807) is 0 Å². The van der Waals surface area contributed by atoms with Crippen molar-refractivity contribution >= 4 is 0 Å². The number of hydrogen-bond acceptors (Lipinski definition) is 1. The second-order valence-corrected chi connectivity index (χ2v) is 5.82. The van der Waals surface area contributed by atoms with E-state index in [0.29, 0.717) is 0 Å². The molecule has 1 atom stereocenters. The molecule has 0 spiro atoms. The lowest BCUT2D eigenvalue weighted by Gasteiger charge is -2.35. The van der Waals surface area contributed by atoms with Crippen molar-refractivity contribution < 1.29 is 5.11 Å². The van der Waals surface area contributed by atoms with Gasteiger partial charge in [-0.2, -0.15) is 0 Å². The van der Waals surface area contributed by atoms with Gasteiger partial charge in [-0.3, -0.25) is 0 Å². The molecule has 0 saturated carbocycles. The van der Waals surface area contributed by atoms with Crippen LogP contribution in [0.5, 0.6) is 0 Å². The average molecular weight is 266 g/mol. The summed E-state index contributed by atoms with van der Waals surface area (Å²) < 4.78 is 0. The third-order valence-electron chi connectivity index (χ3n) is 4.42. The average Bonchev–Trinajstić information content (AvgIpc) is 2.49. The number of fused-ring (bicyclic) bond motifs is 1. The Bertz CT molecular complexity index is 585. The first-order valence-electron chi connectivity index (χ1n) is 7.64. The molecule has 0 radical (unpaired) electrons. The highest BCUT2D eigenvalue weighted by atomic mass is 16.3. The molecular weight excluding hydrogens is 244 g/mol. The Labute approximate surface area is 121 Å². The van der Waals surface area contributed by atoms with Crippen LogP contribution in [0.1, 0.15) is 48.4 Å². The maximum absolute atomic E-state index is 11.2. The lowest BCUT2D eigenvalue weighted by Crippen LogP contribution is -2.31. The summed E-state index contributed by atoms with van der Waals surface area (Å²) in [6, 6.07) is 16.8. The Morgan fingerprint density at radius 2 is 1.80 bits per heavy atom. The van der Waals surface area contributed by atoms with Gasteiger partial charge in [-0.25, -0.2) is 0 Å². The zero-order valence-corrected chi connectivity index (χ0v) is 12.1. The minimum absolute atomic E-state index is 0.806. The van der Waals surface area contributed by atoms with Gasteiger partial charge in [0.05, 0.1) is 0 Å². The Morgan fingerprint density at radius 3 is 2.55 bits per heavy atom. The fraction of sp³-hybridized carbons (Fsp3) is 0.368. The van der Waals surface area contributed by atoms with Gasteiger partial charge in [0.1, 0.15) is 5.60 Å². The van der Waals surface area contributed by atoms with Crippen molar-refractivity contribution in [1.29, 1.82) is 0 Å².